The Morgan fingerprint density at radius 1 is 1.11 bits per heavy atom. The number of hydrogen-bond donors (Lipinski definition) is 2. The predicted molar refractivity (Wildman–Crippen MR) is 77.1 cm³/mol. The van der Waals surface area contributed by atoms with E-state index in [4.69, 9.17) is 4.74 Å². The number of phenolic OH excluding ortho intramolecular Hbond substituents is 1. The molecule has 3 nitrogen and oxygen atoms in total. The molecule has 2 N–H and O–H groups in total. The molecule has 0 saturated heterocycles. The Morgan fingerprint density at radius 2 is 1.79 bits per heavy atom. The molecule has 0 amide bonds. The number of ether oxygens (including phenoxy) is 1. The third-order valence-electron chi connectivity index (χ3n) is 2.61. The van der Waals surface area contributed by atoms with Crippen molar-refractivity contribution in [2.24, 2.45) is 0 Å². The molecule has 0 bridgehead atoms. The number of rotatable bonds is 5. The first-order valence-electron chi connectivity index (χ1n) is 6.16. The van der Waals surface area contributed by atoms with Crippen molar-refractivity contribution in [2.75, 3.05) is 13.6 Å². The molecular weight excluding hydrogens is 238 g/mol. The molecule has 0 unspecified atom stereocenters. The zero-order valence-electron chi connectivity index (χ0n) is 10.8. The SMILES string of the molecule is CNC/C=C(/Oc1ccc(O)cc1)c1ccccc1. The van der Waals surface area contributed by atoms with Crippen molar-refractivity contribution in [1.82, 2.24) is 5.32 Å². The van der Waals surface area contributed by atoms with Crippen LogP contribution in [-0.4, -0.2) is 18.7 Å². The van der Waals surface area contributed by atoms with Crippen LogP contribution in [0.4, 0.5) is 0 Å². The van der Waals surface area contributed by atoms with E-state index in [0.717, 1.165) is 17.9 Å². The van der Waals surface area contributed by atoms with Gasteiger partial charge in [-0.25, -0.2) is 0 Å². The fraction of sp³-hybridized carbons (Fsp3) is 0.125. The topological polar surface area (TPSA) is 41.5 Å². The smallest absolute Gasteiger partial charge is 0.131 e. The van der Waals surface area contributed by atoms with Crippen LogP contribution in [0.1, 0.15) is 5.56 Å². The van der Waals surface area contributed by atoms with Crippen molar-refractivity contribution in [3.05, 3.63) is 66.2 Å². The van der Waals surface area contributed by atoms with E-state index in [9.17, 15) is 5.11 Å². The average molecular weight is 255 g/mol. The van der Waals surface area contributed by atoms with E-state index in [2.05, 4.69) is 5.32 Å². The zero-order chi connectivity index (χ0) is 13.5. The lowest BCUT2D eigenvalue weighted by atomic mass is 10.2. The van der Waals surface area contributed by atoms with Crippen molar-refractivity contribution in [2.45, 2.75) is 0 Å². The number of likely N-dealkylation sites (N-methyl/N-ethyl adjacent to an activating group) is 1. The first kappa shape index (κ1) is 13.2. The number of hydrogen-bond acceptors (Lipinski definition) is 3. The van der Waals surface area contributed by atoms with Gasteiger partial charge in [0.2, 0.25) is 0 Å². The summed E-state index contributed by atoms with van der Waals surface area (Å²) in [5, 5.41) is 12.3. The number of nitrogens with one attached hydrogen (secondary N) is 1. The number of benzene rings is 2. The Kier molecular flexibility index (Phi) is 4.59. The molecule has 0 aliphatic heterocycles. The van der Waals surface area contributed by atoms with Crippen LogP contribution in [0.5, 0.6) is 11.5 Å². The molecule has 0 heterocycles. The Hall–Kier alpha value is -2.26. The lowest BCUT2D eigenvalue weighted by Gasteiger charge is -2.10. The van der Waals surface area contributed by atoms with Gasteiger partial charge in [-0.3, -0.25) is 0 Å². The standard InChI is InChI=1S/C16H17NO2/c1-17-12-11-16(13-5-3-2-4-6-13)19-15-9-7-14(18)8-10-15/h2-11,17-18H,12H2,1H3/b16-11+. The molecule has 2 aromatic carbocycles. The van der Waals surface area contributed by atoms with Gasteiger partial charge in [0.1, 0.15) is 17.3 Å². The Bertz CT molecular complexity index is 532. The highest BCUT2D eigenvalue weighted by molar-refractivity contribution is 5.62. The van der Waals surface area contributed by atoms with Gasteiger partial charge in [-0.15, -0.1) is 0 Å². The summed E-state index contributed by atoms with van der Waals surface area (Å²) >= 11 is 0. The minimum Gasteiger partial charge on any atom is -0.508 e. The van der Waals surface area contributed by atoms with Crippen molar-refractivity contribution in [3.63, 3.8) is 0 Å². The van der Waals surface area contributed by atoms with Crippen molar-refractivity contribution < 1.29 is 9.84 Å². The monoisotopic (exact) mass is 255 g/mol. The second-order valence-corrected chi connectivity index (χ2v) is 4.09. The van der Waals surface area contributed by atoms with Crippen LogP contribution < -0.4 is 10.1 Å². The molecule has 0 atom stereocenters. The average Bonchev–Trinajstić information content (AvgIpc) is 2.46. The highest BCUT2D eigenvalue weighted by atomic mass is 16.5. The minimum absolute atomic E-state index is 0.229. The third kappa shape index (κ3) is 3.86. The van der Waals surface area contributed by atoms with E-state index in [1.807, 2.05) is 43.5 Å². The zero-order valence-corrected chi connectivity index (χ0v) is 10.8. The first-order valence-corrected chi connectivity index (χ1v) is 6.16. The second-order valence-electron chi connectivity index (χ2n) is 4.09. The normalized spacial score (nSPS) is 11.3. The molecule has 0 aliphatic carbocycles. The van der Waals surface area contributed by atoms with Gasteiger partial charge in [-0.2, -0.15) is 0 Å². The Labute approximate surface area is 113 Å². The molecule has 98 valence electrons. The first-order chi connectivity index (χ1) is 9.29. The summed E-state index contributed by atoms with van der Waals surface area (Å²) in [6.07, 6.45) is 1.99. The van der Waals surface area contributed by atoms with Crippen LogP contribution >= 0.6 is 0 Å². The van der Waals surface area contributed by atoms with Crippen LogP contribution in [0.15, 0.2) is 60.7 Å². The molecule has 0 aromatic heterocycles. The van der Waals surface area contributed by atoms with Crippen LogP contribution in [0, 0.1) is 0 Å². The molecule has 0 saturated carbocycles. The van der Waals surface area contributed by atoms with Gasteiger partial charge >= 0.3 is 0 Å². The van der Waals surface area contributed by atoms with Crippen molar-refractivity contribution in [1.29, 1.82) is 0 Å². The van der Waals surface area contributed by atoms with E-state index < -0.39 is 0 Å². The van der Waals surface area contributed by atoms with E-state index in [1.165, 1.54) is 0 Å². The summed E-state index contributed by atoms with van der Waals surface area (Å²) in [6, 6.07) is 16.6. The molecule has 0 spiro atoms. The fourth-order valence-corrected chi connectivity index (χ4v) is 1.66. The largest absolute Gasteiger partial charge is 0.508 e. The quantitative estimate of drug-likeness (QED) is 0.807. The number of phenols is 1. The second kappa shape index (κ2) is 6.61. The number of aromatic hydroxyl groups is 1. The van der Waals surface area contributed by atoms with Crippen LogP contribution in [-0.2, 0) is 0 Å². The lowest BCUT2D eigenvalue weighted by molar-refractivity contribution is 0.470. The highest BCUT2D eigenvalue weighted by Crippen LogP contribution is 2.22. The summed E-state index contributed by atoms with van der Waals surface area (Å²) in [5.41, 5.74) is 1.02. The highest BCUT2D eigenvalue weighted by Gasteiger charge is 2.03. The maximum absolute atomic E-state index is 9.27. The van der Waals surface area contributed by atoms with Crippen LogP contribution in [0.3, 0.4) is 0 Å². The summed E-state index contributed by atoms with van der Waals surface area (Å²) in [6.45, 7) is 0.725. The molecule has 19 heavy (non-hydrogen) atoms. The Morgan fingerprint density at radius 3 is 2.42 bits per heavy atom. The fourth-order valence-electron chi connectivity index (χ4n) is 1.66. The van der Waals surface area contributed by atoms with Crippen LogP contribution in [0.25, 0.3) is 5.76 Å². The third-order valence-corrected chi connectivity index (χ3v) is 2.61. The van der Waals surface area contributed by atoms with Gasteiger partial charge in [-0.1, -0.05) is 30.3 Å². The molecule has 0 fully saturated rings. The predicted octanol–water partition coefficient (Wildman–Crippen LogP) is 3.03. The van der Waals surface area contributed by atoms with Gasteiger partial charge in [0, 0.05) is 12.1 Å². The summed E-state index contributed by atoms with van der Waals surface area (Å²) in [7, 11) is 1.89. The maximum Gasteiger partial charge on any atom is 0.131 e. The molecule has 0 aliphatic rings. The van der Waals surface area contributed by atoms with E-state index in [1.54, 1.807) is 24.3 Å². The summed E-state index contributed by atoms with van der Waals surface area (Å²) in [4.78, 5) is 0. The minimum atomic E-state index is 0.229. The molecular formula is C16H17NO2. The van der Waals surface area contributed by atoms with E-state index in [-0.39, 0.29) is 5.75 Å². The summed E-state index contributed by atoms with van der Waals surface area (Å²) in [5.74, 6) is 1.72. The van der Waals surface area contributed by atoms with E-state index >= 15 is 0 Å². The lowest BCUT2D eigenvalue weighted by Crippen LogP contribution is -2.07. The summed E-state index contributed by atoms with van der Waals surface area (Å²) < 4.78 is 5.87. The Balaban J connectivity index is 2.22. The molecule has 3 heteroatoms. The maximum atomic E-state index is 9.27. The van der Waals surface area contributed by atoms with Gasteiger partial charge in [0.05, 0.1) is 0 Å². The van der Waals surface area contributed by atoms with Crippen molar-refractivity contribution in [3.8, 4) is 11.5 Å². The van der Waals surface area contributed by atoms with Gasteiger partial charge in [0.15, 0.2) is 0 Å². The van der Waals surface area contributed by atoms with E-state index in [0.29, 0.717) is 5.75 Å². The molecule has 2 aromatic rings. The molecule has 0 radical (unpaired) electrons. The molecule has 2 rings (SSSR count). The van der Waals surface area contributed by atoms with Gasteiger partial charge in [-0.05, 0) is 37.4 Å². The van der Waals surface area contributed by atoms with Gasteiger partial charge < -0.3 is 15.2 Å². The van der Waals surface area contributed by atoms with Gasteiger partial charge in [0.25, 0.3) is 0 Å². The van der Waals surface area contributed by atoms with Crippen molar-refractivity contribution >= 4 is 5.76 Å². The van der Waals surface area contributed by atoms with Crippen LogP contribution in [0.2, 0.25) is 0 Å².